The molecule has 130 valence electrons. The van der Waals surface area contributed by atoms with Crippen LogP contribution in [-0.2, 0) is 16.2 Å². The summed E-state index contributed by atoms with van der Waals surface area (Å²) >= 11 is 0. The Morgan fingerprint density at radius 1 is 1.21 bits per heavy atom. The maximum atomic E-state index is 13.2. The first-order valence-electron chi connectivity index (χ1n) is 6.48. The molecule has 0 saturated carbocycles. The number of benzene rings is 1. The van der Waals surface area contributed by atoms with E-state index in [-0.39, 0.29) is 24.4 Å². The number of alkyl halides is 3. The molecule has 2 rings (SSSR count). The number of halogens is 4. The highest BCUT2D eigenvalue weighted by atomic mass is 32.2. The smallest absolute Gasteiger partial charge is 0.419 e. The van der Waals surface area contributed by atoms with Gasteiger partial charge >= 0.3 is 6.18 Å². The van der Waals surface area contributed by atoms with Crippen molar-refractivity contribution in [3.63, 3.8) is 0 Å². The van der Waals surface area contributed by atoms with Gasteiger partial charge in [-0.1, -0.05) is 0 Å². The summed E-state index contributed by atoms with van der Waals surface area (Å²) in [5, 5.41) is 0. The van der Waals surface area contributed by atoms with E-state index in [0.717, 1.165) is 18.5 Å². The second kappa shape index (κ2) is 6.59. The predicted molar refractivity (Wildman–Crippen MR) is 75.4 cm³/mol. The summed E-state index contributed by atoms with van der Waals surface area (Å²) in [5.74, 6) is -1.69. The molecule has 0 amide bonds. The first-order valence-corrected chi connectivity index (χ1v) is 7.96. The summed E-state index contributed by atoms with van der Waals surface area (Å²) in [6, 6.07) is 2.53. The monoisotopic (exact) mass is 365 g/mol. The van der Waals surface area contributed by atoms with Crippen molar-refractivity contribution >= 4 is 15.8 Å². The zero-order valence-electron chi connectivity index (χ0n) is 12.1. The van der Waals surface area contributed by atoms with E-state index >= 15 is 0 Å². The summed E-state index contributed by atoms with van der Waals surface area (Å²) in [7, 11) is -4.41. The van der Waals surface area contributed by atoms with Crippen molar-refractivity contribution in [3.05, 3.63) is 42.0 Å². The third kappa shape index (κ3) is 4.10. The van der Waals surface area contributed by atoms with Crippen molar-refractivity contribution in [2.24, 2.45) is 0 Å². The van der Waals surface area contributed by atoms with Crippen molar-refractivity contribution in [3.8, 4) is 5.88 Å². The van der Waals surface area contributed by atoms with E-state index < -0.39 is 32.5 Å². The molecule has 0 fully saturated rings. The summed E-state index contributed by atoms with van der Waals surface area (Å²) < 4.78 is 82.7. The Kier molecular flexibility index (Phi) is 4.92. The van der Waals surface area contributed by atoms with E-state index in [1.54, 1.807) is 6.92 Å². The zero-order valence-corrected chi connectivity index (χ0v) is 12.9. The molecule has 0 bridgehead atoms. The Bertz CT molecular complexity index is 841. The Morgan fingerprint density at radius 2 is 1.92 bits per heavy atom. The predicted octanol–water partition coefficient (Wildman–Crippen LogP) is 2.83. The molecule has 0 radical (unpaired) electrons. The van der Waals surface area contributed by atoms with Gasteiger partial charge in [0.15, 0.2) is 0 Å². The van der Waals surface area contributed by atoms with Crippen LogP contribution in [0.5, 0.6) is 5.88 Å². The molecule has 0 aliphatic carbocycles. The minimum Gasteiger partial charge on any atom is -0.478 e. The molecular weight excluding hydrogens is 354 g/mol. The lowest BCUT2D eigenvalue weighted by Crippen LogP contribution is -2.16. The van der Waals surface area contributed by atoms with Gasteiger partial charge in [-0.3, -0.25) is 4.72 Å². The Morgan fingerprint density at radius 3 is 2.54 bits per heavy atom. The lowest BCUT2D eigenvalue weighted by molar-refractivity contribution is -0.140. The third-order valence-electron chi connectivity index (χ3n) is 2.73. The molecule has 0 saturated heterocycles. The van der Waals surface area contributed by atoms with Gasteiger partial charge in [-0.2, -0.15) is 13.2 Å². The van der Waals surface area contributed by atoms with Gasteiger partial charge in [0.2, 0.25) is 5.88 Å². The van der Waals surface area contributed by atoms with Crippen LogP contribution in [0.3, 0.4) is 0 Å². The van der Waals surface area contributed by atoms with E-state index in [1.807, 2.05) is 4.72 Å². The highest BCUT2D eigenvalue weighted by molar-refractivity contribution is 7.92. The van der Waals surface area contributed by atoms with Gasteiger partial charge in [0, 0.05) is 6.07 Å². The van der Waals surface area contributed by atoms with Crippen molar-refractivity contribution in [1.82, 2.24) is 9.97 Å². The van der Waals surface area contributed by atoms with Crippen molar-refractivity contribution in [2.75, 3.05) is 11.3 Å². The average Bonchev–Trinajstić information content (AvgIpc) is 2.46. The van der Waals surface area contributed by atoms with Crippen LogP contribution >= 0.6 is 0 Å². The molecule has 1 heterocycles. The Hall–Kier alpha value is -2.43. The van der Waals surface area contributed by atoms with Crippen LogP contribution in [0, 0.1) is 5.82 Å². The summed E-state index contributed by atoms with van der Waals surface area (Å²) in [5.41, 5.74) is -1.68. The number of anilines is 1. The summed E-state index contributed by atoms with van der Waals surface area (Å²) in [6.45, 7) is 1.96. The molecular formula is C13H11F4N3O3S. The SMILES string of the molecule is CCOc1cc(NS(=O)(=O)c2ccc(F)c(C(F)(F)F)c2)ncn1. The van der Waals surface area contributed by atoms with Crippen molar-refractivity contribution in [2.45, 2.75) is 18.0 Å². The zero-order chi connectivity index (χ0) is 18.0. The van der Waals surface area contributed by atoms with E-state index in [4.69, 9.17) is 4.74 Å². The van der Waals surface area contributed by atoms with Crippen LogP contribution in [0.15, 0.2) is 35.5 Å². The molecule has 1 aromatic heterocycles. The summed E-state index contributed by atoms with van der Waals surface area (Å²) in [6.07, 6.45) is -4.00. The Labute approximate surface area is 134 Å². The number of sulfonamides is 1. The van der Waals surface area contributed by atoms with Gasteiger partial charge < -0.3 is 4.74 Å². The van der Waals surface area contributed by atoms with E-state index in [9.17, 15) is 26.0 Å². The van der Waals surface area contributed by atoms with Crippen molar-refractivity contribution < 1.29 is 30.7 Å². The fourth-order valence-corrected chi connectivity index (χ4v) is 2.73. The van der Waals surface area contributed by atoms with Crippen molar-refractivity contribution in [1.29, 1.82) is 0 Å². The van der Waals surface area contributed by atoms with E-state index in [1.165, 1.54) is 0 Å². The van der Waals surface area contributed by atoms with E-state index in [2.05, 4.69) is 9.97 Å². The molecule has 0 unspecified atom stereocenters. The summed E-state index contributed by atoms with van der Waals surface area (Å²) in [4.78, 5) is 6.61. The third-order valence-corrected chi connectivity index (χ3v) is 4.08. The molecule has 1 N–H and O–H groups in total. The largest absolute Gasteiger partial charge is 0.478 e. The minimum absolute atomic E-state index is 0.0836. The molecule has 24 heavy (non-hydrogen) atoms. The van der Waals surface area contributed by atoms with Crippen LogP contribution in [-0.4, -0.2) is 25.0 Å². The number of nitrogens with one attached hydrogen (secondary N) is 1. The highest BCUT2D eigenvalue weighted by Crippen LogP contribution is 2.33. The molecule has 0 aliphatic heterocycles. The maximum Gasteiger partial charge on any atom is 0.419 e. The molecule has 0 spiro atoms. The lowest BCUT2D eigenvalue weighted by Gasteiger charge is -2.12. The number of ether oxygens (including phenoxy) is 1. The van der Waals surface area contributed by atoms with Gasteiger partial charge in [0.05, 0.1) is 17.1 Å². The molecule has 11 heteroatoms. The molecule has 6 nitrogen and oxygen atoms in total. The minimum atomic E-state index is -5.02. The van der Waals surface area contributed by atoms with E-state index in [0.29, 0.717) is 6.07 Å². The van der Waals surface area contributed by atoms with Gasteiger partial charge in [-0.15, -0.1) is 0 Å². The lowest BCUT2D eigenvalue weighted by atomic mass is 10.2. The topological polar surface area (TPSA) is 81.2 Å². The molecule has 0 atom stereocenters. The number of rotatable bonds is 5. The van der Waals surface area contributed by atoms with Gasteiger partial charge in [0.25, 0.3) is 10.0 Å². The maximum absolute atomic E-state index is 13.2. The first-order chi connectivity index (χ1) is 11.1. The normalized spacial score (nSPS) is 12.0. The second-order valence-electron chi connectivity index (χ2n) is 4.42. The van der Waals surface area contributed by atoms with Gasteiger partial charge in [-0.25, -0.2) is 22.8 Å². The fourth-order valence-electron chi connectivity index (χ4n) is 1.71. The quantitative estimate of drug-likeness (QED) is 0.824. The number of nitrogens with zero attached hydrogens (tertiary/aromatic N) is 2. The second-order valence-corrected chi connectivity index (χ2v) is 6.10. The van der Waals surface area contributed by atoms with Crippen LogP contribution in [0.4, 0.5) is 23.4 Å². The number of hydrogen-bond donors (Lipinski definition) is 1. The number of aromatic nitrogens is 2. The first kappa shape index (κ1) is 17.9. The Balaban J connectivity index is 2.36. The molecule has 0 aliphatic rings. The highest BCUT2D eigenvalue weighted by Gasteiger charge is 2.35. The van der Waals surface area contributed by atoms with Crippen LogP contribution in [0.25, 0.3) is 0 Å². The molecule has 2 aromatic rings. The van der Waals surface area contributed by atoms with Gasteiger partial charge in [-0.05, 0) is 25.1 Å². The molecule has 1 aromatic carbocycles. The van der Waals surface area contributed by atoms with Crippen LogP contribution < -0.4 is 9.46 Å². The van der Waals surface area contributed by atoms with Gasteiger partial charge in [0.1, 0.15) is 18.0 Å². The fraction of sp³-hybridized carbons (Fsp3) is 0.231. The average molecular weight is 365 g/mol. The number of hydrogen-bond acceptors (Lipinski definition) is 5. The van der Waals surface area contributed by atoms with Crippen LogP contribution in [0.1, 0.15) is 12.5 Å². The van der Waals surface area contributed by atoms with Crippen LogP contribution in [0.2, 0.25) is 0 Å². The standard InChI is InChI=1S/C13H11F4N3O3S/c1-2-23-12-6-11(18-7-19-12)20-24(21,22)8-3-4-10(14)9(5-8)13(15,16)17/h3-7H,2H2,1H3,(H,18,19,20).